The SMILES string of the molecule is O=C(C=Cc1ccccc1)N[C@@H](CO)C(=O)NCc1cccc(I)c1. The summed E-state index contributed by atoms with van der Waals surface area (Å²) in [5.41, 5.74) is 1.83. The second-order valence-corrected chi connectivity index (χ2v) is 6.58. The maximum atomic E-state index is 12.1. The normalized spacial score (nSPS) is 11.9. The van der Waals surface area contributed by atoms with Gasteiger partial charge in [0.1, 0.15) is 6.04 Å². The molecule has 6 heteroatoms. The van der Waals surface area contributed by atoms with Gasteiger partial charge in [-0.15, -0.1) is 0 Å². The van der Waals surface area contributed by atoms with E-state index in [0.717, 1.165) is 14.7 Å². The van der Waals surface area contributed by atoms with E-state index in [1.165, 1.54) is 6.08 Å². The van der Waals surface area contributed by atoms with Crippen molar-refractivity contribution in [2.45, 2.75) is 12.6 Å². The summed E-state index contributed by atoms with van der Waals surface area (Å²) in [6, 6.07) is 16.1. The number of hydrogen-bond acceptors (Lipinski definition) is 3. The Balaban J connectivity index is 1.86. The Kier molecular flexibility index (Phi) is 7.62. The average Bonchev–Trinajstić information content (AvgIpc) is 2.63. The molecular formula is C19H19IN2O3. The highest BCUT2D eigenvalue weighted by Crippen LogP contribution is 2.07. The summed E-state index contributed by atoms with van der Waals surface area (Å²) in [5, 5.41) is 14.6. The second-order valence-electron chi connectivity index (χ2n) is 5.34. The summed E-state index contributed by atoms with van der Waals surface area (Å²) in [6.45, 7) is -0.134. The highest BCUT2D eigenvalue weighted by Gasteiger charge is 2.18. The minimum Gasteiger partial charge on any atom is -0.394 e. The van der Waals surface area contributed by atoms with Crippen molar-refractivity contribution in [3.63, 3.8) is 0 Å². The molecule has 0 aliphatic rings. The first kappa shape index (κ1) is 19.1. The third-order valence-corrected chi connectivity index (χ3v) is 4.07. The zero-order valence-electron chi connectivity index (χ0n) is 13.5. The van der Waals surface area contributed by atoms with Gasteiger partial charge in [0.15, 0.2) is 0 Å². The number of nitrogens with one attached hydrogen (secondary N) is 2. The third-order valence-electron chi connectivity index (χ3n) is 3.40. The summed E-state index contributed by atoms with van der Waals surface area (Å²) in [6.07, 6.45) is 2.98. The van der Waals surface area contributed by atoms with Crippen molar-refractivity contribution in [1.29, 1.82) is 0 Å². The fraction of sp³-hybridized carbons (Fsp3) is 0.158. The Labute approximate surface area is 160 Å². The van der Waals surface area contributed by atoms with Crippen LogP contribution in [0.15, 0.2) is 60.7 Å². The maximum absolute atomic E-state index is 12.1. The van der Waals surface area contributed by atoms with Crippen LogP contribution in [0.2, 0.25) is 0 Å². The van der Waals surface area contributed by atoms with E-state index in [9.17, 15) is 14.7 Å². The lowest BCUT2D eigenvalue weighted by molar-refractivity contribution is -0.128. The van der Waals surface area contributed by atoms with Gasteiger partial charge < -0.3 is 15.7 Å². The molecule has 2 aromatic rings. The number of carbonyl (C=O) groups is 2. The number of benzene rings is 2. The number of carbonyl (C=O) groups excluding carboxylic acids is 2. The standard InChI is InChI=1S/C19H19IN2O3/c20-16-8-4-7-15(11-16)12-21-19(25)17(13-23)22-18(24)10-9-14-5-2-1-3-6-14/h1-11,17,23H,12-13H2,(H,21,25)(H,22,24)/t17-/m0/s1. The summed E-state index contributed by atoms with van der Waals surface area (Å²) < 4.78 is 1.07. The van der Waals surface area contributed by atoms with Crippen molar-refractivity contribution in [2.24, 2.45) is 0 Å². The highest BCUT2D eigenvalue weighted by atomic mass is 127. The molecule has 25 heavy (non-hydrogen) atoms. The molecule has 0 heterocycles. The van der Waals surface area contributed by atoms with Gasteiger partial charge in [0.2, 0.25) is 11.8 Å². The molecule has 0 radical (unpaired) electrons. The van der Waals surface area contributed by atoms with E-state index in [2.05, 4.69) is 33.2 Å². The Morgan fingerprint density at radius 2 is 1.88 bits per heavy atom. The van der Waals surface area contributed by atoms with E-state index < -0.39 is 24.5 Å². The molecule has 2 amide bonds. The predicted octanol–water partition coefficient (Wildman–Crippen LogP) is 2.10. The molecule has 0 unspecified atom stereocenters. The van der Waals surface area contributed by atoms with Crippen LogP contribution in [-0.4, -0.2) is 29.6 Å². The topological polar surface area (TPSA) is 78.4 Å². The molecule has 1 atom stereocenters. The largest absolute Gasteiger partial charge is 0.394 e. The maximum Gasteiger partial charge on any atom is 0.245 e. The van der Waals surface area contributed by atoms with Gasteiger partial charge in [0, 0.05) is 16.2 Å². The fourth-order valence-corrected chi connectivity index (χ4v) is 2.72. The van der Waals surface area contributed by atoms with Gasteiger partial charge in [-0.2, -0.15) is 0 Å². The summed E-state index contributed by atoms with van der Waals surface area (Å²) in [7, 11) is 0. The molecule has 0 bridgehead atoms. The molecule has 0 fully saturated rings. The summed E-state index contributed by atoms with van der Waals surface area (Å²) in [4.78, 5) is 24.0. The summed E-state index contributed by atoms with van der Waals surface area (Å²) in [5.74, 6) is -0.866. The lowest BCUT2D eigenvalue weighted by Crippen LogP contribution is -2.48. The number of hydrogen-bond donors (Lipinski definition) is 3. The van der Waals surface area contributed by atoms with Crippen molar-refractivity contribution in [2.75, 3.05) is 6.61 Å². The Bertz CT molecular complexity index is 747. The fourth-order valence-electron chi connectivity index (χ4n) is 2.11. The minimum atomic E-state index is -0.990. The van der Waals surface area contributed by atoms with Gasteiger partial charge in [-0.25, -0.2) is 0 Å². The predicted molar refractivity (Wildman–Crippen MR) is 105 cm³/mol. The van der Waals surface area contributed by atoms with E-state index in [1.807, 2.05) is 54.6 Å². The van der Waals surface area contributed by atoms with Gasteiger partial charge in [0.05, 0.1) is 6.61 Å². The quantitative estimate of drug-likeness (QED) is 0.447. The van der Waals surface area contributed by atoms with Crippen molar-refractivity contribution < 1.29 is 14.7 Å². The minimum absolute atomic E-state index is 0.335. The average molecular weight is 450 g/mol. The molecule has 0 aliphatic carbocycles. The highest BCUT2D eigenvalue weighted by molar-refractivity contribution is 14.1. The smallest absolute Gasteiger partial charge is 0.245 e. The van der Waals surface area contributed by atoms with Gasteiger partial charge in [-0.05, 0) is 51.9 Å². The van der Waals surface area contributed by atoms with Crippen LogP contribution in [-0.2, 0) is 16.1 Å². The van der Waals surface area contributed by atoms with Crippen LogP contribution in [0.25, 0.3) is 6.08 Å². The molecule has 2 rings (SSSR count). The van der Waals surface area contributed by atoms with Crippen LogP contribution >= 0.6 is 22.6 Å². The summed E-state index contributed by atoms with van der Waals surface area (Å²) >= 11 is 2.20. The third kappa shape index (κ3) is 6.67. The zero-order chi connectivity index (χ0) is 18.1. The number of aliphatic hydroxyl groups excluding tert-OH is 1. The van der Waals surface area contributed by atoms with E-state index in [4.69, 9.17) is 0 Å². The Morgan fingerprint density at radius 3 is 2.56 bits per heavy atom. The molecule has 0 aliphatic heterocycles. The van der Waals surface area contributed by atoms with Crippen molar-refractivity contribution >= 4 is 40.5 Å². The Morgan fingerprint density at radius 1 is 1.12 bits per heavy atom. The van der Waals surface area contributed by atoms with Crippen LogP contribution in [0.3, 0.4) is 0 Å². The van der Waals surface area contributed by atoms with E-state index >= 15 is 0 Å². The second kappa shape index (κ2) is 9.95. The van der Waals surface area contributed by atoms with Gasteiger partial charge in [0.25, 0.3) is 0 Å². The first-order valence-corrected chi connectivity index (χ1v) is 8.83. The molecule has 0 saturated heterocycles. The Hall–Kier alpha value is -2.19. The molecule has 5 nitrogen and oxygen atoms in total. The van der Waals surface area contributed by atoms with Crippen LogP contribution in [0, 0.1) is 3.57 Å². The number of rotatable bonds is 7. The van der Waals surface area contributed by atoms with E-state index in [-0.39, 0.29) is 0 Å². The number of amides is 2. The monoisotopic (exact) mass is 450 g/mol. The number of halogens is 1. The molecular weight excluding hydrogens is 431 g/mol. The number of aliphatic hydroxyl groups is 1. The van der Waals surface area contributed by atoms with Crippen molar-refractivity contribution in [3.8, 4) is 0 Å². The molecule has 0 aromatic heterocycles. The van der Waals surface area contributed by atoms with Crippen LogP contribution in [0.5, 0.6) is 0 Å². The van der Waals surface area contributed by atoms with E-state index in [0.29, 0.717) is 6.54 Å². The lowest BCUT2D eigenvalue weighted by Gasteiger charge is -2.15. The first-order chi connectivity index (χ1) is 12.1. The molecule has 130 valence electrons. The van der Waals surface area contributed by atoms with Crippen molar-refractivity contribution in [1.82, 2.24) is 10.6 Å². The zero-order valence-corrected chi connectivity index (χ0v) is 15.6. The van der Waals surface area contributed by atoms with Crippen LogP contribution in [0.1, 0.15) is 11.1 Å². The molecule has 0 spiro atoms. The van der Waals surface area contributed by atoms with Gasteiger partial charge in [-0.3, -0.25) is 9.59 Å². The molecule has 0 saturated carbocycles. The van der Waals surface area contributed by atoms with Crippen LogP contribution < -0.4 is 10.6 Å². The van der Waals surface area contributed by atoms with E-state index in [1.54, 1.807) is 6.08 Å². The van der Waals surface area contributed by atoms with Gasteiger partial charge in [-0.1, -0.05) is 42.5 Å². The van der Waals surface area contributed by atoms with Crippen molar-refractivity contribution in [3.05, 3.63) is 75.4 Å². The first-order valence-electron chi connectivity index (χ1n) is 7.75. The molecule has 2 aromatic carbocycles. The lowest BCUT2D eigenvalue weighted by atomic mass is 10.2. The van der Waals surface area contributed by atoms with Gasteiger partial charge >= 0.3 is 0 Å². The van der Waals surface area contributed by atoms with Crippen LogP contribution in [0.4, 0.5) is 0 Å². The molecule has 3 N–H and O–H groups in total.